The molecule has 0 unspecified atom stereocenters. The fourth-order valence-electron chi connectivity index (χ4n) is 3.75. The van der Waals surface area contributed by atoms with Crippen molar-refractivity contribution < 1.29 is 0 Å². The van der Waals surface area contributed by atoms with Gasteiger partial charge in [0, 0.05) is 21.7 Å². The van der Waals surface area contributed by atoms with Crippen LogP contribution in [0.25, 0.3) is 5.00 Å². The molecule has 0 bridgehead atoms. The fraction of sp³-hybridized carbons (Fsp3) is 0.160. The Hall–Kier alpha value is -3.20. The second-order valence-electron chi connectivity index (χ2n) is 7.45. The number of halogens is 1. The van der Waals surface area contributed by atoms with Crippen LogP contribution in [0.5, 0.6) is 0 Å². The largest absolute Gasteiger partial charge is 0.273 e. The van der Waals surface area contributed by atoms with Gasteiger partial charge in [0.15, 0.2) is 5.82 Å². The summed E-state index contributed by atoms with van der Waals surface area (Å²) in [5.41, 5.74) is 5.15. The highest BCUT2D eigenvalue weighted by atomic mass is 35.5. The molecule has 5 rings (SSSR count). The van der Waals surface area contributed by atoms with Crippen molar-refractivity contribution in [2.45, 2.75) is 26.8 Å². The van der Waals surface area contributed by atoms with E-state index in [1.807, 2.05) is 61.5 Å². The van der Waals surface area contributed by atoms with Crippen molar-refractivity contribution in [1.29, 1.82) is 0 Å². The average molecular weight is 443 g/mol. The number of fused-ring (bicyclic) bond motifs is 3. The summed E-state index contributed by atoms with van der Waals surface area (Å²) in [5, 5.41) is 10.5. The molecule has 0 N–H and O–H groups in total. The number of thiophene rings is 1. The van der Waals surface area contributed by atoms with E-state index < -0.39 is 0 Å². The van der Waals surface area contributed by atoms with Gasteiger partial charge in [-0.05, 0) is 50.6 Å². The normalized spacial score (nSPS) is 14.7. The molecule has 0 radical (unpaired) electrons. The van der Waals surface area contributed by atoms with E-state index in [-0.39, 0.29) is 6.04 Å². The van der Waals surface area contributed by atoms with Gasteiger partial charge in [-0.3, -0.25) is 9.56 Å². The molecule has 0 saturated heterocycles. The zero-order valence-corrected chi connectivity index (χ0v) is 18.9. The minimum absolute atomic E-state index is 0.121. The van der Waals surface area contributed by atoms with Gasteiger partial charge in [0.05, 0.1) is 10.6 Å². The van der Waals surface area contributed by atoms with E-state index in [1.165, 1.54) is 0 Å². The number of hydrogen-bond donors (Lipinski definition) is 0. The molecule has 2 aromatic heterocycles. The Morgan fingerprint density at radius 1 is 0.968 bits per heavy atom. The monoisotopic (exact) mass is 442 g/mol. The summed E-state index contributed by atoms with van der Waals surface area (Å²) in [4.78, 5) is 6.09. The van der Waals surface area contributed by atoms with Crippen LogP contribution in [-0.2, 0) is 0 Å². The number of aromatic nitrogens is 3. The third kappa shape index (κ3) is 3.48. The predicted octanol–water partition coefficient (Wildman–Crippen LogP) is 5.91. The van der Waals surface area contributed by atoms with E-state index in [1.54, 1.807) is 11.3 Å². The smallest absolute Gasteiger partial charge is 0.162 e. The molecule has 4 nitrogen and oxygen atoms in total. The zero-order valence-electron chi connectivity index (χ0n) is 17.3. The van der Waals surface area contributed by atoms with Crippen LogP contribution in [0.1, 0.15) is 51.7 Å². The van der Waals surface area contributed by atoms with Gasteiger partial charge < -0.3 is 0 Å². The Morgan fingerprint density at radius 2 is 1.71 bits per heavy atom. The molecule has 0 saturated carbocycles. The van der Waals surface area contributed by atoms with Crippen LogP contribution < -0.4 is 0 Å². The van der Waals surface area contributed by atoms with Crippen LogP contribution >= 0.6 is 22.9 Å². The van der Waals surface area contributed by atoms with E-state index in [4.69, 9.17) is 16.6 Å². The molecule has 4 aromatic rings. The van der Waals surface area contributed by atoms with Gasteiger partial charge in [0.1, 0.15) is 16.9 Å². The summed E-state index contributed by atoms with van der Waals surface area (Å²) in [6, 6.07) is 17.7. The standard InChI is InChI=1S/C25H19ClN4S/c1-15-21(14-9-18-7-5-4-6-8-18)31-25-22(15)23(19-10-12-20(26)13-11-19)27-16(2)24-29-28-17(3)30(24)25/h4-8,10-13,16H,1-3H3/t16-/m0/s1. The lowest BCUT2D eigenvalue weighted by Gasteiger charge is -2.09. The lowest BCUT2D eigenvalue weighted by molar-refractivity contribution is 0.724. The topological polar surface area (TPSA) is 43.1 Å². The van der Waals surface area contributed by atoms with Gasteiger partial charge in [-0.15, -0.1) is 21.5 Å². The highest BCUT2D eigenvalue weighted by Gasteiger charge is 2.29. The maximum absolute atomic E-state index is 6.14. The number of aliphatic imine (C=N–C) groups is 1. The van der Waals surface area contributed by atoms with Crippen LogP contribution in [-0.4, -0.2) is 20.5 Å². The van der Waals surface area contributed by atoms with Gasteiger partial charge in [-0.1, -0.05) is 53.8 Å². The number of rotatable bonds is 1. The summed E-state index contributed by atoms with van der Waals surface area (Å²) >= 11 is 7.81. The fourth-order valence-corrected chi connectivity index (χ4v) is 5.09. The molecule has 6 heteroatoms. The lowest BCUT2D eigenvalue weighted by Crippen LogP contribution is -2.07. The Kier molecular flexibility index (Phi) is 4.97. The summed E-state index contributed by atoms with van der Waals surface area (Å²) in [6.45, 7) is 6.15. The molecule has 0 spiro atoms. The third-order valence-corrected chi connectivity index (χ3v) is 6.77. The van der Waals surface area contributed by atoms with Gasteiger partial charge in [-0.25, -0.2) is 0 Å². The first-order valence-electron chi connectivity index (χ1n) is 10.00. The number of nitrogens with zero attached hydrogens (tertiary/aromatic N) is 4. The van der Waals surface area contributed by atoms with Crippen LogP contribution in [0.3, 0.4) is 0 Å². The van der Waals surface area contributed by atoms with E-state index in [9.17, 15) is 0 Å². The van der Waals surface area contributed by atoms with Gasteiger partial charge in [-0.2, -0.15) is 0 Å². The molecule has 152 valence electrons. The zero-order chi connectivity index (χ0) is 21.5. The van der Waals surface area contributed by atoms with Gasteiger partial charge in [0.2, 0.25) is 0 Å². The van der Waals surface area contributed by atoms with Crippen molar-refractivity contribution in [2.75, 3.05) is 0 Å². The molecular formula is C25H19ClN4S. The Labute approximate surface area is 190 Å². The molecule has 0 aliphatic carbocycles. The summed E-state index contributed by atoms with van der Waals surface area (Å²) in [5.74, 6) is 8.36. The van der Waals surface area contributed by atoms with Crippen molar-refractivity contribution in [2.24, 2.45) is 4.99 Å². The van der Waals surface area contributed by atoms with Gasteiger partial charge >= 0.3 is 0 Å². The summed E-state index contributed by atoms with van der Waals surface area (Å²) in [6.07, 6.45) is 0. The summed E-state index contributed by atoms with van der Waals surface area (Å²) < 4.78 is 2.12. The third-order valence-electron chi connectivity index (χ3n) is 5.33. The molecule has 0 amide bonds. The highest BCUT2D eigenvalue weighted by Crippen LogP contribution is 2.38. The minimum atomic E-state index is -0.121. The van der Waals surface area contributed by atoms with Crippen molar-refractivity contribution in [1.82, 2.24) is 14.8 Å². The van der Waals surface area contributed by atoms with E-state index in [0.29, 0.717) is 5.02 Å². The number of hydrogen-bond acceptors (Lipinski definition) is 4. The SMILES string of the molecule is Cc1c(C#Cc2ccccc2)sc2c1C(c1ccc(Cl)cc1)=N[C@@H](C)c1nnc(C)n1-2. The second kappa shape index (κ2) is 7.81. The quantitative estimate of drug-likeness (QED) is 0.344. The lowest BCUT2D eigenvalue weighted by atomic mass is 9.99. The Morgan fingerprint density at radius 3 is 2.45 bits per heavy atom. The molecule has 31 heavy (non-hydrogen) atoms. The molecule has 3 heterocycles. The van der Waals surface area contributed by atoms with E-state index in [2.05, 4.69) is 40.5 Å². The molecule has 1 aliphatic rings. The first-order valence-corrected chi connectivity index (χ1v) is 11.2. The van der Waals surface area contributed by atoms with E-state index in [0.717, 1.165) is 49.5 Å². The molecular weight excluding hydrogens is 424 g/mol. The minimum Gasteiger partial charge on any atom is -0.273 e. The first kappa shape index (κ1) is 19.7. The highest BCUT2D eigenvalue weighted by molar-refractivity contribution is 7.15. The van der Waals surface area contributed by atoms with Crippen LogP contribution in [0.2, 0.25) is 5.02 Å². The maximum atomic E-state index is 6.14. The Bertz CT molecular complexity index is 1370. The Balaban J connectivity index is 1.74. The van der Waals surface area contributed by atoms with Crippen LogP contribution in [0, 0.1) is 25.7 Å². The van der Waals surface area contributed by atoms with Crippen molar-refractivity contribution in [3.8, 4) is 16.8 Å². The maximum Gasteiger partial charge on any atom is 0.162 e. The van der Waals surface area contributed by atoms with Crippen molar-refractivity contribution >= 4 is 28.6 Å². The van der Waals surface area contributed by atoms with Gasteiger partial charge in [0.25, 0.3) is 0 Å². The first-order chi connectivity index (χ1) is 15.0. The van der Waals surface area contributed by atoms with Crippen LogP contribution in [0.15, 0.2) is 59.6 Å². The molecule has 1 atom stereocenters. The van der Waals surface area contributed by atoms with E-state index >= 15 is 0 Å². The molecule has 1 aliphatic heterocycles. The molecule has 2 aromatic carbocycles. The van der Waals surface area contributed by atoms with Crippen molar-refractivity contribution in [3.63, 3.8) is 0 Å². The van der Waals surface area contributed by atoms with Crippen molar-refractivity contribution in [3.05, 3.63) is 98.4 Å². The summed E-state index contributed by atoms with van der Waals surface area (Å²) in [7, 11) is 0. The second-order valence-corrected chi connectivity index (χ2v) is 8.89. The average Bonchev–Trinajstić information content (AvgIpc) is 3.27. The number of benzene rings is 2. The molecule has 0 fully saturated rings. The predicted molar refractivity (Wildman–Crippen MR) is 127 cm³/mol. The number of aryl methyl sites for hydroxylation is 1. The van der Waals surface area contributed by atoms with Crippen LogP contribution in [0.4, 0.5) is 0 Å².